The molecule has 6 aromatic carbocycles. The summed E-state index contributed by atoms with van der Waals surface area (Å²) in [4.78, 5) is 25.3. The molecule has 0 atom stereocenters. The molecule has 200 valence electrons. The highest BCUT2D eigenvalue weighted by molar-refractivity contribution is 6.35. The number of carbonyl (C=O) groups excluding carboxylic acids is 1. The van der Waals surface area contributed by atoms with Crippen LogP contribution in [0.4, 0.5) is 0 Å². The molecule has 0 bridgehead atoms. The lowest BCUT2D eigenvalue weighted by Crippen LogP contribution is -2.09. The molecule has 0 radical (unpaired) electrons. The quantitative estimate of drug-likeness (QED) is 0.0632. The number of carboxylic acid groups (broad SMARTS) is 1. The smallest absolute Gasteiger partial charge is 0.344 e. The van der Waals surface area contributed by atoms with E-state index in [1.807, 2.05) is 66.7 Å². The molecule has 0 amide bonds. The summed E-state index contributed by atoms with van der Waals surface area (Å²) in [6.07, 6.45) is 8.66. The third-order valence-electron chi connectivity index (χ3n) is 8.06. The normalized spacial score (nSPS) is 11.6. The molecule has 1 N–H and O–H groups in total. The van der Waals surface area contributed by atoms with E-state index >= 15 is 0 Å². The Kier molecular flexibility index (Phi) is 7.08. The van der Waals surface area contributed by atoms with Crippen molar-refractivity contribution in [1.82, 2.24) is 0 Å². The van der Waals surface area contributed by atoms with E-state index in [1.54, 1.807) is 6.07 Å². The van der Waals surface area contributed by atoms with Crippen LogP contribution in [0.3, 0.4) is 0 Å². The molecule has 0 saturated heterocycles. The third kappa shape index (κ3) is 4.64. The van der Waals surface area contributed by atoms with Gasteiger partial charge in [0.1, 0.15) is 5.75 Å². The van der Waals surface area contributed by atoms with Gasteiger partial charge in [-0.05, 0) is 85.8 Å². The summed E-state index contributed by atoms with van der Waals surface area (Å²) in [6, 6.07) is 26.9. The maximum Gasteiger partial charge on any atom is 0.344 e. The largest absolute Gasteiger partial charge is 0.478 e. The number of rotatable bonds is 10. The van der Waals surface area contributed by atoms with Crippen LogP contribution in [0.25, 0.3) is 43.1 Å². The van der Waals surface area contributed by atoms with Crippen LogP contribution in [0.15, 0.2) is 84.9 Å². The molecule has 40 heavy (non-hydrogen) atoms. The van der Waals surface area contributed by atoms with E-state index in [0.717, 1.165) is 44.1 Å². The Morgan fingerprint density at radius 1 is 0.600 bits per heavy atom. The van der Waals surface area contributed by atoms with Gasteiger partial charge in [0.2, 0.25) is 0 Å². The predicted octanol–water partition coefficient (Wildman–Crippen LogP) is 9.56. The Bertz CT molecular complexity index is 1830. The van der Waals surface area contributed by atoms with E-state index in [4.69, 9.17) is 4.74 Å². The van der Waals surface area contributed by atoms with Crippen molar-refractivity contribution < 1.29 is 19.4 Å². The minimum atomic E-state index is -0.943. The Balaban J connectivity index is 1.31. The number of aromatic carboxylic acids is 1. The second-order valence-electron chi connectivity index (χ2n) is 10.6. The van der Waals surface area contributed by atoms with Gasteiger partial charge in [-0.1, -0.05) is 99.7 Å². The molecule has 0 spiro atoms. The second kappa shape index (κ2) is 11.0. The zero-order valence-corrected chi connectivity index (χ0v) is 22.7. The molecule has 0 heterocycles. The van der Waals surface area contributed by atoms with Crippen LogP contribution in [-0.4, -0.2) is 17.0 Å². The third-order valence-corrected chi connectivity index (χ3v) is 8.06. The SMILES string of the molecule is CCCCCCCCc1ccc(OC(=O)c2ccc3c4cccc5c(C(=O)O)ccc(c6cccc2c63)c54)cc1. The van der Waals surface area contributed by atoms with Crippen molar-refractivity contribution in [3.8, 4) is 5.75 Å². The highest BCUT2D eigenvalue weighted by atomic mass is 16.5. The van der Waals surface area contributed by atoms with Gasteiger partial charge in [0, 0.05) is 0 Å². The number of carboxylic acids is 1. The molecule has 0 aromatic heterocycles. The maximum atomic E-state index is 13.4. The monoisotopic (exact) mass is 528 g/mol. The zero-order valence-electron chi connectivity index (χ0n) is 22.7. The average Bonchev–Trinajstić information content (AvgIpc) is 2.97. The van der Waals surface area contributed by atoms with Gasteiger partial charge in [-0.15, -0.1) is 0 Å². The van der Waals surface area contributed by atoms with Crippen molar-refractivity contribution >= 4 is 55.0 Å². The number of ether oxygens (including phenoxy) is 1. The number of hydrogen-bond acceptors (Lipinski definition) is 3. The summed E-state index contributed by atoms with van der Waals surface area (Å²) < 4.78 is 5.83. The first-order chi connectivity index (χ1) is 19.6. The van der Waals surface area contributed by atoms with E-state index in [-0.39, 0.29) is 5.56 Å². The van der Waals surface area contributed by atoms with Gasteiger partial charge in [0.15, 0.2) is 0 Å². The molecular weight excluding hydrogens is 496 g/mol. The van der Waals surface area contributed by atoms with Crippen LogP contribution in [0, 0.1) is 0 Å². The van der Waals surface area contributed by atoms with Crippen molar-refractivity contribution in [3.63, 3.8) is 0 Å². The van der Waals surface area contributed by atoms with Crippen LogP contribution in [0.1, 0.15) is 71.7 Å². The van der Waals surface area contributed by atoms with Gasteiger partial charge >= 0.3 is 11.9 Å². The van der Waals surface area contributed by atoms with Gasteiger partial charge in [0.05, 0.1) is 11.1 Å². The maximum absolute atomic E-state index is 13.4. The Morgan fingerprint density at radius 3 is 1.75 bits per heavy atom. The zero-order chi connectivity index (χ0) is 27.6. The summed E-state index contributed by atoms with van der Waals surface area (Å²) in [6.45, 7) is 2.24. The van der Waals surface area contributed by atoms with E-state index < -0.39 is 11.9 Å². The lowest BCUT2D eigenvalue weighted by atomic mass is 9.87. The van der Waals surface area contributed by atoms with Crippen LogP contribution in [0.2, 0.25) is 0 Å². The second-order valence-corrected chi connectivity index (χ2v) is 10.6. The Labute approximate surface area is 233 Å². The van der Waals surface area contributed by atoms with Crippen molar-refractivity contribution in [2.24, 2.45) is 0 Å². The molecule has 0 aliphatic heterocycles. The highest BCUT2D eigenvalue weighted by Crippen LogP contribution is 2.42. The van der Waals surface area contributed by atoms with E-state index in [0.29, 0.717) is 16.7 Å². The number of hydrogen-bond donors (Lipinski definition) is 1. The fraction of sp³-hybridized carbons (Fsp3) is 0.222. The van der Waals surface area contributed by atoms with Crippen LogP contribution >= 0.6 is 0 Å². The van der Waals surface area contributed by atoms with Crippen molar-refractivity contribution in [1.29, 1.82) is 0 Å². The van der Waals surface area contributed by atoms with Gasteiger partial charge in [-0.25, -0.2) is 9.59 Å². The summed E-state index contributed by atoms with van der Waals surface area (Å²) in [5.74, 6) is -0.799. The van der Waals surface area contributed by atoms with Crippen molar-refractivity contribution in [2.45, 2.75) is 51.9 Å². The molecule has 0 fully saturated rings. The number of esters is 1. The van der Waals surface area contributed by atoms with Gasteiger partial charge < -0.3 is 9.84 Å². The number of benzene rings is 6. The molecule has 0 unspecified atom stereocenters. The molecule has 4 heteroatoms. The first-order valence-corrected chi connectivity index (χ1v) is 14.2. The van der Waals surface area contributed by atoms with Crippen molar-refractivity contribution in [2.75, 3.05) is 0 Å². The van der Waals surface area contributed by atoms with Crippen LogP contribution in [-0.2, 0) is 6.42 Å². The molecule has 6 aromatic rings. The summed E-state index contributed by atoms with van der Waals surface area (Å²) in [7, 11) is 0. The van der Waals surface area contributed by atoms with E-state index in [9.17, 15) is 14.7 Å². The van der Waals surface area contributed by atoms with E-state index in [1.165, 1.54) is 44.1 Å². The van der Waals surface area contributed by atoms with E-state index in [2.05, 4.69) is 19.1 Å². The van der Waals surface area contributed by atoms with Gasteiger partial charge in [-0.3, -0.25) is 0 Å². The Hall–Kier alpha value is -4.44. The van der Waals surface area contributed by atoms with Crippen LogP contribution in [0.5, 0.6) is 5.75 Å². The molecule has 0 aliphatic carbocycles. The summed E-state index contributed by atoms with van der Waals surface area (Å²) >= 11 is 0. The van der Waals surface area contributed by atoms with Crippen LogP contribution < -0.4 is 4.74 Å². The fourth-order valence-electron chi connectivity index (χ4n) is 6.07. The number of aryl methyl sites for hydroxylation is 1. The molecule has 0 saturated carbocycles. The molecule has 6 rings (SSSR count). The minimum Gasteiger partial charge on any atom is -0.478 e. The number of unbranched alkanes of at least 4 members (excludes halogenated alkanes) is 5. The number of fused-ring (bicyclic) bond motifs is 2. The molecule has 4 nitrogen and oxygen atoms in total. The standard InChI is InChI=1S/C36H32O4/c1-2-3-4-5-6-7-10-23-15-17-24(18-16-23)40-36(39)32-22-20-30-25-11-8-13-27-31(35(37)38)21-19-29(33(25)27)26-12-9-14-28(32)34(26)30/h8-9,11-22H,2-7,10H2,1H3,(H,37,38). The highest BCUT2D eigenvalue weighted by Gasteiger charge is 2.20. The first kappa shape index (κ1) is 25.8. The first-order valence-electron chi connectivity index (χ1n) is 14.2. The van der Waals surface area contributed by atoms with Gasteiger partial charge in [0.25, 0.3) is 0 Å². The minimum absolute atomic E-state index is 0.286. The predicted molar refractivity (Wildman–Crippen MR) is 163 cm³/mol. The van der Waals surface area contributed by atoms with Gasteiger partial charge in [-0.2, -0.15) is 0 Å². The lowest BCUT2D eigenvalue weighted by molar-refractivity contribution is 0.0696. The Morgan fingerprint density at radius 2 is 1.12 bits per heavy atom. The fourth-order valence-corrected chi connectivity index (χ4v) is 6.07. The lowest BCUT2D eigenvalue weighted by Gasteiger charge is -2.17. The average molecular weight is 529 g/mol. The van der Waals surface area contributed by atoms with Crippen molar-refractivity contribution in [3.05, 3.63) is 102 Å². The molecule has 0 aliphatic rings. The number of carbonyl (C=O) groups is 2. The molecular formula is C36H32O4. The summed E-state index contributed by atoms with van der Waals surface area (Å²) in [5.41, 5.74) is 2.06. The topological polar surface area (TPSA) is 63.6 Å². The summed E-state index contributed by atoms with van der Waals surface area (Å²) in [5, 5.41) is 17.1.